The van der Waals surface area contributed by atoms with E-state index in [0.717, 1.165) is 35.6 Å². The summed E-state index contributed by atoms with van der Waals surface area (Å²) in [6.07, 6.45) is 4.41. The molecule has 0 atom stereocenters. The molecule has 0 amide bonds. The van der Waals surface area contributed by atoms with Gasteiger partial charge in [0.25, 0.3) is 0 Å². The second-order valence-corrected chi connectivity index (χ2v) is 6.36. The van der Waals surface area contributed by atoms with Crippen LogP contribution in [-0.4, -0.2) is 18.1 Å². The minimum Gasteiger partial charge on any atom is -0.378 e. The van der Waals surface area contributed by atoms with Crippen LogP contribution in [0.15, 0.2) is 41.0 Å². The van der Waals surface area contributed by atoms with Gasteiger partial charge in [0, 0.05) is 30.3 Å². The summed E-state index contributed by atoms with van der Waals surface area (Å²) < 4.78 is 1.16. The molecule has 1 N–H and O–H groups in total. The van der Waals surface area contributed by atoms with Crippen LogP contribution < -0.4 is 10.2 Å². The Morgan fingerprint density at radius 2 is 2.05 bits per heavy atom. The number of anilines is 2. The van der Waals surface area contributed by atoms with Crippen molar-refractivity contribution in [1.29, 1.82) is 0 Å². The first-order valence-electron chi connectivity index (χ1n) is 7.43. The summed E-state index contributed by atoms with van der Waals surface area (Å²) in [5, 5.41) is 3.53. The zero-order valence-electron chi connectivity index (χ0n) is 12.3. The lowest BCUT2D eigenvalue weighted by Gasteiger charge is -2.20. The number of aryl methyl sites for hydroxylation is 1. The molecule has 4 heteroatoms. The molecule has 0 bridgehead atoms. The fourth-order valence-corrected chi connectivity index (χ4v) is 2.98. The monoisotopic (exact) mass is 345 g/mol. The maximum atomic E-state index is 4.56. The highest BCUT2D eigenvalue weighted by Gasteiger charge is 2.16. The number of pyridine rings is 1. The third-order valence-electron chi connectivity index (χ3n) is 3.90. The number of benzene rings is 1. The lowest BCUT2D eigenvalue weighted by Crippen LogP contribution is -2.20. The smallest absolute Gasteiger partial charge is 0.151 e. The normalized spacial score (nSPS) is 14.5. The Morgan fingerprint density at radius 1 is 1.24 bits per heavy atom. The van der Waals surface area contributed by atoms with E-state index in [-0.39, 0.29) is 0 Å². The molecule has 0 saturated carbocycles. The Kier molecular flexibility index (Phi) is 4.44. The molecule has 2 heterocycles. The average Bonchev–Trinajstić information content (AvgIpc) is 3.03. The summed E-state index contributed by atoms with van der Waals surface area (Å²) in [6, 6.07) is 10.6. The predicted molar refractivity (Wildman–Crippen MR) is 91.9 cm³/mol. The molecule has 0 spiro atoms. The summed E-state index contributed by atoms with van der Waals surface area (Å²) in [6.45, 7) is 5.17. The van der Waals surface area contributed by atoms with Crippen molar-refractivity contribution in [1.82, 2.24) is 4.98 Å². The van der Waals surface area contributed by atoms with E-state index < -0.39 is 0 Å². The van der Waals surface area contributed by atoms with E-state index >= 15 is 0 Å². The van der Waals surface area contributed by atoms with Crippen LogP contribution in [0.5, 0.6) is 0 Å². The zero-order valence-corrected chi connectivity index (χ0v) is 13.9. The number of nitrogens with zero attached hydrogens (tertiary/aromatic N) is 2. The van der Waals surface area contributed by atoms with Crippen LogP contribution in [0.2, 0.25) is 0 Å². The van der Waals surface area contributed by atoms with E-state index in [2.05, 4.69) is 62.3 Å². The van der Waals surface area contributed by atoms with E-state index in [1.54, 1.807) is 0 Å². The lowest BCUT2D eigenvalue weighted by atomic mass is 10.1. The van der Waals surface area contributed by atoms with Gasteiger partial charge in [0.15, 0.2) is 5.82 Å². The Labute approximate surface area is 134 Å². The maximum absolute atomic E-state index is 4.56. The number of hydrogen-bond donors (Lipinski definition) is 1. The van der Waals surface area contributed by atoms with Crippen molar-refractivity contribution in [3.8, 4) is 0 Å². The molecule has 0 aliphatic carbocycles. The van der Waals surface area contributed by atoms with Gasteiger partial charge in [0.05, 0.1) is 5.69 Å². The highest BCUT2D eigenvalue weighted by Crippen LogP contribution is 2.26. The molecule has 1 aromatic carbocycles. The Hall–Kier alpha value is -1.55. The summed E-state index contributed by atoms with van der Waals surface area (Å²) >= 11 is 3.54. The fraction of sp³-hybridized carbons (Fsp3) is 0.353. The first kappa shape index (κ1) is 14.4. The molecule has 2 aromatic rings. The van der Waals surface area contributed by atoms with Gasteiger partial charge >= 0.3 is 0 Å². The Morgan fingerprint density at radius 3 is 2.81 bits per heavy atom. The van der Waals surface area contributed by atoms with Crippen LogP contribution in [-0.2, 0) is 6.54 Å². The molecule has 1 saturated heterocycles. The quantitative estimate of drug-likeness (QED) is 0.891. The van der Waals surface area contributed by atoms with E-state index in [1.807, 2.05) is 12.3 Å². The van der Waals surface area contributed by atoms with E-state index in [9.17, 15) is 0 Å². The number of nitrogens with one attached hydrogen (secondary N) is 1. The van der Waals surface area contributed by atoms with Crippen molar-refractivity contribution in [2.24, 2.45) is 0 Å². The molecular weight excluding hydrogens is 326 g/mol. The predicted octanol–water partition coefficient (Wildman–Crippen LogP) is 4.36. The minimum atomic E-state index is 0.820. The molecule has 1 aliphatic heterocycles. The molecule has 110 valence electrons. The SMILES string of the molecule is Cc1cc(CNc2cccnc2N2CCCC2)ccc1Br. The molecule has 0 radical (unpaired) electrons. The fourth-order valence-electron chi connectivity index (χ4n) is 2.73. The molecule has 1 fully saturated rings. The number of halogens is 1. The van der Waals surface area contributed by atoms with Crippen molar-refractivity contribution in [3.63, 3.8) is 0 Å². The number of aromatic nitrogens is 1. The summed E-state index contributed by atoms with van der Waals surface area (Å²) in [4.78, 5) is 6.93. The van der Waals surface area contributed by atoms with Crippen LogP contribution >= 0.6 is 15.9 Å². The Bertz CT molecular complexity index is 621. The zero-order chi connectivity index (χ0) is 14.7. The third kappa shape index (κ3) is 3.38. The molecule has 1 aliphatic rings. The van der Waals surface area contributed by atoms with Crippen LogP contribution in [0.25, 0.3) is 0 Å². The maximum Gasteiger partial charge on any atom is 0.151 e. The van der Waals surface area contributed by atoms with Gasteiger partial charge in [0.2, 0.25) is 0 Å². The molecule has 0 unspecified atom stereocenters. The first-order chi connectivity index (χ1) is 10.2. The van der Waals surface area contributed by atoms with Gasteiger partial charge in [-0.25, -0.2) is 4.98 Å². The topological polar surface area (TPSA) is 28.2 Å². The van der Waals surface area contributed by atoms with Gasteiger partial charge in [-0.3, -0.25) is 0 Å². The summed E-state index contributed by atoms with van der Waals surface area (Å²) in [5.74, 6) is 1.09. The van der Waals surface area contributed by atoms with Crippen LogP contribution in [0.4, 0.5) is 11.5 Å². The van der Waals surface area contributed by atoms with Gasteiger partial charge in [-0.1, -0.05) is 28.1 Å². The van der Waals surface area contributed by atoms with Crippen molar-refractivity contribution < 1.29 is 0 Å². The third-order valence-corrected chi connectivity index (χ3v) is 4.79. The van der Waals surface area contributed by atoms with Crippen molar-refractivity contribution in [3.05, 3.63) is 52.1 Å². The van der Waals surface area contributed by atoms with Crippen molar-refractivity contribution >= 4 is 27.4 Å². The van der Waals surface area contributed by atoms with Gasteiger partial charge in [0.1, 0.15) is 0 Å². The summed E-state index contributed by atoms with van der Waals surface area (Å²) in [7, 11) is 0. The first-order valence-corrected chi connectivity index (χ1v) is 8.22. The number of rotatable bonds is 4. The van der Waals surface area contributed by atoms with Gasteiger partial charge in [-0.15, -0.1) is 0 Å². The van der Waals surface area contributed by atoms with Crippen molar-refractivity contribution in [2.75, 3.05) is 23.3 Å². The van der Waals surface area contributed by atoms with Crippen LogP contribution in [0, 0.1) is 6.92 Å². The molecule has 3 nitrogen and oxygen atoms in total. The van der Waals surface area contributed by atoms with Gasteiger partial charge in [-0.2, -0.15) is 0 Å². The van der Waals surface area contributed by atoms with E-state index in [0.29, 0.717) is 0 Å². The molecular formula is C17H20BrN3. The minimum absolute atomic E-state index is 0.820. The second-order valence-electron chi connectivity index (χ2n) is 5.51. The average molecular weight is 346 g/mol. The highest BCUT2D eigenvalue weighted by atomic mass is 79.9. The van der Waals surface area contributed by atoms with Gasteiger partial charge < -0.3 is 10.2 Å². The summed E-state index contributed by atoms with van der Waals surface area (Å²) in [5.41, 5.74) is 3.67. The highest BCUT2D eigenvalue weighted by molar-refractivity contribution is 9.10. The largest absolute Gasteiger partial charge is 0.378 e. The molecule has 1 aromatic heterocycles. The van der Waals surface area contributed by atoms with E-state index in [4.69, 9.17) is 0 Å². The standard InChI is InChI=1S/C17H20BrN3/c1-13-11-14(6-7-15(13)18)12-20-16-5-4-8-19-17(16)21-9-2-3-10-21/h4-8,11,20H,2-3,9-10,12H2,1H3. The number of hydrogen-bond acceptors (Lipinski definition) is 3. The van der Waals surface area contributed by atoms with Crippen LogP contribution in [0.3, 0.4) is 0 Å². The van der Waals surface area contributed by atoms with Crippen molar-refractivity contribution in [2.45, 2.75) is 26.3 Å². The lowest BCUT2D eigenvalue weighted by molar-refractivity contribution is 0.934. The van der Waals surface area contributed by atoms with Crippen LogP contribution in [0.1, 0.15) is 24.0 Å². The molecule has 3 rings (SSSR count). The molecule has 21 heavy (non-hydrogen) atoms. The van der Waals surface area contributed by atoms with Gasteiger partial charge in [-0.05, 0) is 49.1 Å². The van der Waals surface area contributed by atoms with E-state index in [1.165, 1.54) is 24.0 Å². The second kappa shape index (κ2) is 6.48. The Balaban J connectivity index is 1.74.